The van der Waals surface area contributed by atoms with E-state index in [4.69, 9.17) is 5.73 Å². The van der Waals surface area contributed by atoms with Gasteiger partial charge in [-0.25, -0.2) is 0 Å². The van der Waals surface area contributed by atoms with Crippen molar-refractivity contribution >= 4 is 11.8 Å². The second kappa shape index (κ2) is 5.54. The number of carbonyl (C=O) groups excluding carboxylic acids is 2. The molecule has 0 fully saturated rings. The van der Waals surface area contributed by atoms with Crippen molar-refractivity contribution in [3.05, 3.63) is 0 Å². The molecule has 1 unspecified atom stereocenters. The van der Waals surface area contributed by atoms with Gasteiger partial charge in [-0.2, -0.15) is 0 Å². The molecule has 0 aromatic carbocycles. The average molecular weight is 173 g/mol. The zero-order valence-electron chi connectivity index (χ0n) is 7.39. The molecule has 0 aliphatic carbocycles. The van der Waals surface area contributed by atoms with Gasteiger partial charge in [0.25, 0.3) is 0 Å². The zero-order valence-corrected chi connectivity index (χ0v) is 7.39. The molecule has 0 radical (unpaired) electrons. The van der Waals surface area contributed by atoms with E-state index in [0.717, 1.165) is 0 Å². The standard InChI is InChI=1S/C7H15N3O2/c1-5(7(8)12)9-3-4-10-6(2)11/h5,9H,3-4H2,1-2H3,(H2,8,12)(H,10,11). The molecule has 12 heavy (non-hydrogen) atoms. The van der Waals surface area contributed by atoms with Gasteiger partial charge in [0.2, 0.25) is 11.8 Å². The number of rotatable bonds is 5. The topological polar surface area (TPSA) is 84.2 Å². The number of nitrogens with one attached hydrogen (secondary N) is 2. The van der Waals surface area contributed by atoms with Crippen LogP contribution in [0.3, 0.4) is 0 Å². The van der Waals surface area contributed by atoms with Crippen LogP contribution in [0, 0.1) is 0 Å². The Morgan fingerprint density at radius 2 is 2.00 bits per heavy atom. The van der Waals surface area contributed by atoms with Crippen LogP contribution in [0.1, 0.15) is 13.8 Å². The third-order valence-electron chi connectivity index (χ3n) is 1.38. The largest absolute Gasteiger partial charge is 0.368 e. The van der Waals surface area contributed by atoms with E-state index in [2.05, 4.69) is 10.6 Å². The van der Waals surface area contributed by atoms with E-state index < -0.39 is 5.91 Å². The summed E-state index contributed by atoms with van der Waals surface area (Å²) in [4.78, 5) is 20.9. The number of hydrogen-bond acceptors (Lipinski definition) is 3. The van der Waals surface area contributed by atoms with Crippen molar-refractivity contribution in [2.45, 2.75) is 19.9 Å². The van der Waals surface area contributed by atoms with Crippen LogP contribution >= 0.6 is 0 Å². The molecule has 0 bridgehead atoms. The third-order valence-corrected chi connectivity index (χ3v) is 1.38. The minimum absolute atomic E-state index is 0.0801. The summed E-state index contributed by atoms with van der Waals surface area (Å²) in [5, 5.41) is 5.43. The summed E-state index contributed by atoms with van der Waals surface area (Å²) >= 11 is 0. The first-order valence-electron chi connectivity index (χ1n) is 3.81. The second-order valence-electron chi connectivity index (χ2n) is 2.56. The van der Waals surface area contributed by atoms with Gasteiger partial charge in [-0.15, -0.1) is 0 Å². The Morgan fingerprint density at radius 1 is 1.42 bits per heavy atom. The zero-order chi connectivity index (χ0) is 9.56. The summed E-state index contributed by atoms with van der Waals surface area (Å²) in [6, 6.07) is -0.348. The Balaban J connectivity index is 3.31. The Hall–Kier alpha value is -1.10. The van der Waals surface area contributed by atoms with E-state index in [1.54, 1.807) is 6.92 Å². The fourth-order valence-electron chi connectivity index (χ4n) is 0.628. The fraction of sp³-hybridized carbons (Fsp3) is 0.714. The van der Waals surface area contributed by atoms with Gasteiger partial charge in [0, 0.05) is 20.0 Å². The van der Waals surface area contributed by atoms with Crippen LogP contribution in [0.4, 0.5) is 0 Å². The molecule has 1 atom stereocenters. The number of carbonyl (C=O) groups is 2. The number of hydrogen-bond donors (Lipinski definition) is 3. The second-order valence-corrected chi connectivity index (χ2v) is 2.56. The molecule has 0 saturated heterocycles. The predicted octanol–water partition coefficient (Wildman–Crippen LogP) is -1.41. The summed E-state index contributed by atoms with van der Waals surface area (Å²) < 4.78 is 0. The molecule has 5 nitrogen and oxygen atoms in total. The smallest absolute Gasteiger partial charge is 0.234 e. The lowest BCUT2D eigenvalue weighted by Crippen LogP contribution is -2.42. The van der Waals surface area contributed by atoms with E-state index in [1.165, 1.54) is 6.92 Å². The van der Waals surface area contributed by atoms with Crippen molar-refractivity contribution in [2.24, 2.45) is 5.73 Å². The Morgan fingerprint density at radius 3 is 2.42 bits per heavy atom. The van der Waals surface area contributed by atoms with Crippen molar-refractivity contribution < 1.29 is 9.59 Å². The van der Waals surface area contributed by atoms with Crippen molar-refractivity contribution in [1.82, 2.24) is 10.6 Å². The Labute approximate surface area is 71.7 Å². The maximum atomic E-state index is 10.5. The molecule has 0 aliphatic heterocycles. The molecule has 0 aromatic heterocycles. The maximum Gasteiger partial charge on any atom is 0.234 e. The molecule has 0 rings (SSSR count). The highest BCUT2D eigenvalue weighted by Crippen LogP contribution is 1.75. The van der Waals surface area contributed by atoms with Gasteiger partial charge < -0.3 is 16.4 Å². The molecule has 0 heterocycles. The number of amides is 2. The van der Waals surface area contributed by atoms with Crippen molar-refractivity contribution in [3.8, 4) is 0 Å². The molecule has 0 aromatic rings. The summed E-state index contributed by atoms with van der Waals surface area (Å²) in [7, 11) is 0. The van der Waals surface area contributed by atoms with E-state index in [1.807, 2.05) is 0 Å². The van der Waals surface area contributed by atoms with E-state index >= 15 is 0 Å². The molecule has 0 aliphatic rings. The van der Waals surface area contributed by atoms with Gasteiger partial charge in [-0.05, 0) is 6.92 Å². The summed E-state index contributed by atoms with van der Waals surface area (Å²) in [6.07, 6.45) is 0. The monoisotopic (exact) mass is 173 g/mol. The lowest BCUT2D eigenvalue weighted by molar-refractivity contribution is -0.119. The first-order valence-corrected chi connectivity index (χ1v) is 3.81. The molecule has 70 valence electrons. The normalized spacial score (nSPS) is 12.2. The third kappa shape index (κ3) is 5.67. The van der Waals surface area contributed by atoms with Crippen molar-refractivity contribution in [1.29, 1.82) is 0 Å². The minimum atomic E-state index is -0.391. The first-order chi connectivity index (χ1) is 5.54. The van der Waals surface area contributed by atoms with Crippen LogP contribution in [0.15, 0.2) is 0 Å². The fourth-order valence-corrected chi connectivity index (χ4v) is 0.628. The molecule has 5 heteroatoms. The lowest BCUT2D eigenvalue weighted by Gasteiger charge is -2.09. The number of nitrogens with two attached hydrogens (primary N) is 1. The van der Waals surface area contributed by atoms with Crippen LogP contribution in [0.25, 0.3) is 0 Å². The van der Waals surface area contributed by atoms with Gasteiger partial charge in [0.1, 0.15) is 0 Å². The van der Waals surface area contributed by atoms with Crippen molar-refractivity contribution in [2.75, 3.05) is 13.1 Å². The summed E-state index contributed by atoms with van der Waals surface area (Å²) in [6.45, 7) is 4.17. The van der Waals surface area contributed by atoms with Crippen LogP contribution < -0.4 is 16.4 Å². The van der Waals surface area contributed by atoms with E-state index in [9.17, 15) is 9.59 Å². The average Bonchev–Trinajstić information content (AvgIpc) is 1.97. The molecular formula is C7H15N3O2. The quantitative estimate of drug-likeness (QED) is 0.446. The molecule has 2 amide bonds. The first kappa shape index (κ1) is 10.9. The SMILES string of the molecule is CC(=O)NCCNC(C)C(N)=O. The molecule has 0 saturated carbocycles. The van der Waals surface area contributed by atoms with Gasteiger partial charge in [-0.3, -0.25) is 9.59 Å². The van der Waals surface area contributed by atoms with Crippen LogP contribution in [0.5, 0.6) is 0 Å². The molecular weight excluding hydrogens is 158 g/mol. The Kier molecular flexibility index (Phi) is 5.03. The summed E-state index contributed by atoms with van der Waals surface area (Å²) in [5.41, 5.74) is 4.99. The highest BCUT2D eigenvalue weighted by molar-refractivity contribution is 5.79. The lowest BCUT2D eigenvalue weighted by atomic mass is 10.3. The van der Waals surface area contributed by atoms with E-state index in [0.29, 0.717) is 13.1 Å². The minimum Gasteiger partial charge on any atom is -0.368 e. The predicted molar refractivity (Wildman–Crippen MR) is 45.3 cm³/mol. The Bertz CT molecular complexity index is 170. The van der Waals surface area contributed by atoms with E-state index in [-0.39, 0.29) is 11.9 Å². The van der Waals surface area contributed by atoms with Crippen LogP contribution in [0.2, 0.25) is 0 Å². The van der Waals surface area contributed by atoms with Gasteiger partial charge in [0.05, 0.1) is 6.04 Å². The van der Waals surface area contributed by atoms with Gasteiger partial charge in [0.15, 0.2) is 0 Å². The summed E-state index contributed by atoms with van der Waals surface area (Å²) in [5.74, 6) is -0.471. The van der Waals surface area contributed by atoms with Crippen LogP contribution in [-0.2, 0) is 9.59 Å². The number of primary amides is 1. The maximum absolute atomic E-state index is 10.5. The van der Waals surface area contributed by atoms with Gasteiger partial charge in [-0.1, -0.05) is 0 Å². The highest BCUT2D eigenvalue weighted by Gasteiger charge is 2.05. The van der Waals surface area contributed by atoms with Gasteiger partial charge >= 0.3 is 0 Å². The molecule has 0 spiro atoms. The van der Waals surface area contributed by atoms with Crippen molar-refractivity contribution in [3.63, 3.8) is 0 Å². The van der Waals surface area contributed by atoms with Crippen LogP contribution in [-0.4, -0.2) is 30.9 Å². The molecule has 4 N–H and O–H groups in total. The highest BCUT2D eigenvalue weighted by atomic mass is 16.2.